The largest absolute Gasteiger partial charge is 0.458 e. The molecule has 1 amide bonds. The van der Waals surface area contributed by atoms with Crippen molar-refractivity contribution in [3.8, 4) is 0 Å². The zero-order chi connectivity index (χ0) is 16.2. The first-order chi connectivity index (χ1) is 9.64. The molecule has 0 saturated carbocycles. The normalized spacial score (nSPS) is 14.4. The molecule has 118 valence electrons. The predicted molar refractivity (Wildman–Crippen MR) is 77.8 cm³/mol. The lowest BCUT2D eigenvalue weighted by atomic mass is 9.98. The van der Waals surface area contributed by atoms with Gasteiger partial charge in [-0.2, -0.15) is 0 Å². The molecule has 0 fully saturated rings. The monoisotopic (exact) mass is 296 g/mol. The molecule has 1 aromatic rings. The third kappa shape index (κ3) is 5.21. The van der Waals surface area contributed by atoms with Crippen molar-refractivity contribution < 1.29 is 18.8 Å². The number of amides is 1. The van der Waals surface area contributed by atoms with E-state index in [1.54, 1.807) is 27.7 Å². The lowest BCUT2D eigenvalue weighted by molar-refractivity contribution is -0.158. The summed E-state index contributed by atoms with van der Waals surface area (Å²) in [6.07, 6.45) is 0.738. The number of ether oxygens (including phenoxy) is 1. The third-order valence-corrected chi connectivity index (χ3v) is 3.02. The molecule has 0 aliphatic rings. The van der Waals surface area contributed by atoms with Gasteiger partial charge in [-0.25, -0.2) is 4.79 Å². The van der Waals surface area contributed by atoms with Crippen molar-refractivity contribution in [1.29, 1.82) is 0 Å². The van der Waals surface area contributed by atoms with Crippen LogP contribution >= 0.6 is 0 Å². The van der Waals surface area contributed by atoms with Crippen LogP contribution in [0.2, 0.25) is 0 Å². The first kappa shape index (κ1) is 17.2. The van der Waals surface area contributed by atoms with Crippen molar-refractivity contribution in [2.45, 2.75) is 59.6 Å². The SMILES string of the molecule is CC[C@H](C)[C@H](NC(=O)c1cc(C)on1)C(=O)OC(C)(C)C. The van der Waals surface area contributed by atoms with Crippen LogP contribution in [0.1, 0.15) is 57.3 Å². The number of aryl methyl sites for hydroxylation is 1. The highest BCUT2D eigenvalue weighted by Crippen LogP contribution is 2.15. The van der Waals surface area contributed by atoms with E-state index in [2.05, 4.69) is 10.5 Å². The van der Waals surface area contributed by atoms with Crippen molar-refractivity contribution in [2.75, 3.05) is 0 Å². The molecular formula is C15H24N2O4. The van der Waals surface area contributed by atoms with E-state index in [1.807, 2.05) is 13.8 Å². The number of nitrogens with one attached hydrogen (secondary N) is 1. The van der Waals surface area contributed by atoms with E-state index < -0.39 is 23.5 Å². The Morgan fingerprint density at radius 3 is 2.48 bits per heavy atom. The highest BCUT2D eigenvalue weighted by atomic mass is 16.6. The van der Waals surface area contributed by atoms with Gasteiger partial charge in [-0.1, -0.05) is 25.4 Å². The second-order valence-electron chi connectivity index (χ2n) is 6.19. The number of aromatic nitrogens is 1. The van der Waals surface area contributed by atoms with Crippen LogP contribution in [0, 0.1) is 12.8 Å². The van der Waals surface area contributed by atoms with Gasteiger partial charge in [-0.3, -0.25) is 4.79 Å². The molecule has 21 heavy (non-hydrogen) atoms. The highest BCUT2D eigenvalue weighted by Gasteiger charge is 2.31. The smallest absolute Gasteiger partial charge is 0.329 e. The standard InChI is InChI=1S/C15H24N2O4/c1-7-9(2)12(14(19)20-15(4,5)6)16-13(18)11-8-10(3)21-17-11/h8-9,12H,7H2,1-6H3,(H,16,18)/t9-,12-/m0/s1. The van der Waals surface area contributed by atoms with Crippen molar-refractivity contribution in [3.63, 3.8) is 0 Å². The van der Waals surface area contributed by atoms with E-state index >= 15 is 0 Å². The van der Waals surface area contributed by atoms with Crippen molar-refractivity contribution in [3.05, 3.63) is 17.5 Å². The van der Waals surface area contributed by atoms with Gasteiger partial charge in [0.1, 0.15) is 17.4 Å². The van der Waals surface area contributed by atoms with Crippen LogP contribution in [-0.2, 0) is 9.53 Å². The summed E-state index contributed by atoms with van der Waals surface area (Å²) in [6.45, 7) is 10.9. The average Bonchev–Trinajstić information content (AvgIpc) is 2.79. The molecule has 0 unspecified atom stereocenters. The number of carbonyl (C=O) groups is 2. The Morgan fingerprint density at radius 2 is 2.05 bits per heavy atom. The minimum atomic E-state index is -0.710. The number of hydrogen-bond donors (Lipinski definition) is 1. The Kier molecular flexibility index (Phi) is 5.52. The van der Waals surface area contributed by atoms with Gasteiger partial charge in [0.2, 0.25) is 0 Å². The Morgan fingerprint density at radius 1 is 1.43 bits per heavy atom. The molecular weight excluding hydrogens is 272 g/mol. The zero-order valence-electron chi connectivity index (χ0n) is 13.5. The van der Waals surface area contributed by atoms with E-state index in [1.165, 1.54) is 6.07 Å². The maximum Gasteiger partial charge on any atom is 0.329 e. The number of nitrogens with zero attached hydrogens (tertiary/aromatic N) is 1. The lowest BCUT2D eigenvalue weighted by Gasteiger charge is -2.27. The molecule has 2 atom stereocenters. The van der Waals surface area contributed by atoms with E-state index in [-0.39, 0.29) is 11.6 Å². The molecule has 0 bridgehead atoms. The van der Waals surface area contributed by atoms with Gasteiger partial charge in [0, 0.05) is 6.07 Å². The van der Waals surface area contributed by atoms with Crippen LogP contribution in [0.15, 0.2) is 10.6 Å². The first-order valence-corrected chi connectivity index (χ1v) is 7.11. The Hall–Kier alpha value is -1.85. The molecule has 0 radical (unpaired) electrons. The van der Waals surface area contributed by atoms with Crippen molar-refractivity contribution >= 4 is 11.9 Å². The summed E-state index contributed by atoms with van der Waals surface area (Å²) in [4.78, 5) is 24.4. The Balaban J connectivity index is 2.83. The summed E-state index contributed by atoms with van der Waals surface area (Å²) in [5.74, 6) is -0.386. The summed E-state index contributed by atoms with van der Waals surface area (Å²) in [5, 5.41) is 6.33. The minimum Gasteiger partial charge on any atom is -0.458 e. The van der Waals surface area contributed by atoms with Gasteiger partial charge in [0.05, 0.1) is 0 Å². The average molecular weight is 296 g/mol. The molecule has 1 heterocycles. The fourth-order valence-electron chi connectivity index (χ4n) is 1.72. The quantitative estimate of drug-likeness (QED) is 0.844. The summed E-state index contributed by atoms with van der Waals surface area (Å²) in [7, 11) is 0. The molecule has 6 nitrogen and oxygen atoms in total. The predicted octanol–water partition coefficient (Wildman–Crippen LogP) is 2.47. The maximum atomic E-state index is 12.3. The molecule has 0 aliphatic heterocycles. The molecule has 1 rings (SSSR count). The van der Waals surface area contributed by atoms with E-state index in [0.717, 1.165) is 6.42 Å². The highest BCUT2D eigenvalue weighted by molar-refractivity contribution is 5.95. The van der Waals surface area contributed by atoms with Crippen LogP contribution in [0.5, 0.6) is 0 Å². The molecule has 0 spiro atoms. The van der Waals surface area contributed by atoms with Gasteiger partial charge >= 0.3 is 5.97 Å². The Labute approximate surface area is 125 Å². The number of carbonyl (C=O) groups excluding carboxylic acids is 2. The second kappa shape index (κ2) is 6.74. The summed E-state index contributed by atoms with van der Waals surface area (Å²) >= 11 is 0. The number of hydrogen-bond acceptors (Lipinski definition) is 5. The van der Waals surface area contributed by atoms with Crippen LogP contribution in [0.4, 0.5) is 0 Å². The van der Waals surface area contributed by atoms with Gasteiger partial charge in [0.25, 0.3) is 5.91 Å². The van der Waals surface area contributed by atoms with Gasteiger partial charge < -0.3 is 14.6 Å². The lowest BCUT2D eigenvalue weighted by Crippen LogP contribution is -2.47. The third-order valence-electron chi connectivity index (χ3n) is 3.02. The van der Waals surface area contributed by atoms with Crippen LogP contribution in [-0.4, -0.2) is 28.7 Å². The van der Waals surface area contributed by atoms with E-state index in [0.29, 0.717) is 5.76 Å². The zero-order valence-corrected chi connectivity index (χ0v) is 13.5. The topological polar surface area (TPSA) is 81.4 Å². The number of esters is 1. The van der Waals surface area contributed by atoms with Crippen LogP contribution in [0.3, 0.4) is 0 Å². The van der Waals surface area contributed by atoms with Crippen molar-refractivity contribution in [2.24, 2.45) is 5.92 Å². The first-order valence-electron chi connectivity index (χ1n) is 7.11. The van der Waals surface area contributed by atoms with Gasteiger partial charge in [0.15, 0.2) is 5.69 Å². The Bertz CT molecular complexity index is 502. The van der Waals surface area contributed by atoms with Crippen LogP contribution < -0.4 is 5.32 Å². The van der Waals surface area contributed by atoms with Gasteiger partial charge in [-0.15, -0.1) is 0 Å². The van der Waals surface area contributed by atoms with Crippen LogP contribution in [0.25, 0.3) is 0 Å². The molecule has 1 aromatic heterocycles. The summed E-state index contributed by atoms with van der Waals surface area (Å²) < 4.78 is 10.2. The second-order valence-corrected chi connectivity index (χ2v) is 6.19. The summed E-state index contributed by atoms with van der Waals surface area (Å²) in [5.41, 5.74) is -0.442. The summed E-state index contributed by atoms with van der Waals surface area (Å²) in [6, 6.07) is 0.816. The van der Waals surface area contributed by atoms with E-state index in [4.69, 9.17) is 9.26 Å². The molecule has 6 heteroatoms. The molecule has 1 N–H and O–H groups in total. The molecule has 0 aromatic carbocycles. The molecule has 0 aliphatic carbocycles. The minimum absolute atomic E-state index is 0.0446. The molecule has 0 saturated heterocycles. The van der Waals surface area contributed by atoms with Crippen molar-refractivity contribution in [1.82, 2.24) is 10.5 Å². The van der Waals surface area contributed by atoms with E-state index in [9.17, 15) is 9.59 Å². The number of rotatable bonds is 5. The fraction of sp³-hybridized carbons (Fsp3) is 0.667. The van der Waals surface area contributed by atoms with Gasteiger partial charge in [-0.05, 0) is 33.6 Å². The maximum absolute atomic E-state index is 12.3. The fourth-order valence-corrected chi connectivity index (χ4v) is 1.72.